The number of nitrogens with one attached hydrogen (secondary N) is 1. The fourth-order valence-corrected chi connectivity index (χ4v) is 4.00. The second kappa shape index (κ2) is 10.2. The van der Waals surface area contributed by atoms with E-state index in [0.29, 0.717) is 28.7 Å². The van der Waals surface area contributed by atoms with Crippen molar-refractivity contribution in [1.29, 1.82) is 0 Å². The average molecular weight is 472 g/mol. The number of aromatic nitrogens is 2. The van der Waals surface area contributed by atoms with Crippen molar-refractivity contribution in [2.75, 3.05) is 40.5 Å². The van der Waals surface area contributed by atoms with E-state index in [9.17, 15) is 8.78 Å². The summed E-state index contributed by atoms with van der Waals surface area (Å²) in [4.78, 5) is 14.2. The minimum Gasteiger partial charge on any atom is -0.494 e. The van der Waals surface area contributed by atoms with E-state index in [-0.39, 0.29) is 36.1 Å². The maximum Gasteiger partial charge on any atom is 0.171 e. The van der Waals surface area contributed by atoms with Gasteiger partial charge < -0.3 is 25.3 Å². The number of aromatic amines is 1. The van der Waals surface area contributed by atoms with Gasteiger partial charge in [-0.25, -0.2) is 13.8 Å². The summed E-state index contributed by atoms with van der Waals surface area (Å²) in [5.74, 6) is -1.73. The Morgan fingerprint density at radius 2 is 1.97 bits per heavy atom. The highest BCUT2D eigenvalue weighted by Crippen LogP contribution is 2.34. The number of aliphatic hydroxyl groups is 1. The zero-order valence-corrected chi connectivity index (χ0v) is 19.0. The Hall–Kier alpha value is -3.50. The first-order valence-electron chi connectivity index (χ1n) is 10.8. The Balaban J connectivity index is 1.61. The van der Waals surface area contributed by atoms with Gasteiger partial charge in [-0.2, -0.15) is 0 Å². The normalized spacial score (nSPS) is 15.3. The Labute approximate surface area is 195 Å². The lowest BCUT2D eigenvalue weighted by molar-refractivity contribution is 0.119. The van der Waals surface area contributed by atoms with Crippen LogP contribution in [0.1, 0.15) is 16.7 Å². The molecule has 3 aromatic rings. The first kappa shape index (κ1) is 23.7. The van der Waals surface area contributed by atoms with E-state index >= 15 is 0 Å². The standard InChI is InChI=1S/C24H27F2N5O3/c1-33-20-7-21(34-2)23(26)19(22(20)25)6-15-10-30-24-18(15)5-14(9-29-24)16(8-27)11-28-17-12-31(13-17)3-4-32/h5,7-11,17,32H,3-4,6,12-13,27H2,1-2H3,(H,29,30). The van der Waals surface area contributed by atoms with Crippen LogP contribution < -0.4 is 15.2 Å². The molecule has 4 N–H and O–H groups in total. The Bertz CT molecular complexity index is 1210. The fraction of sp³-hybridized carbons (Fsp3) is 0.333. The molecule has 3 heterocycles. The smallest absolute Gasteiger partial charge is 0.171 e. The van der Waals surface area contributed by atoms with Gasteiger partial charge in [0.2, 0.25) is 0 Å². The SMILES string of the molecule is COc1cc(OC)c(F)c(Cc2c[nH]c3ncc(C(C=NC4CN(CCO)C4)=CN)cc23)c1F. The van der Waals surface area contributed by atoms with Crippen LogP contribution in [0.25, 0.3) is 16.6 Å². The molecule has 0 unspecified atom stereocenters. The van der Waals surface area contributed by atoms with E-state index in [0.717, 1.165) is 18.7 Å². The van der Waals surface area contributed by atoms with Gasteiger partial charge in [0, 0.05) is 79.0 Å². The third-order valence-corrected chi connectivity index (χ3v) is 5.94. The molecule has 1 fully saturated rings. The zero-order chi connectivity index (χ0) is 24.2. The molecule has 0 amide bonds. The van der Waals surface area contributed by atoms with Gasteiger partial charge in [0.25, 0.3) is 0 Å². The summed E-state index contributed by atoms with van der Waals surface area (Å²) in [5.41, 5.74) is 8.35. The van der Waals surface area contributed by atoms with Gasteiger partial charge in [-0.05, 0) is 11.6 Å². The van der Waals surface area contributed by atoms with Gasteiger partial charge in [-0.1, -0.05) is 0 Å². The van der Waals surface area contributed by atoms with Gasteiger partial charge in [-0.15, -0.1) is 0 Å². The number of hydrogen-bond acceptors (Lipinski definition) is 7. The average Bonchev–Trinajstić information content (AvgIpc) is 3.22. The van der Waals surface area contributed by atoms with Crippen LogP contribution >= 0.6 is 0 Å². The number of hydrogen-bond donors (Lipinski definition) is 3. The van der Waals surface area contributed by atoms with Gasteiger partial charge >= 0.3 is 0 Å². The van der Waals surface area contributed by atoms with Crippen molar-refractivity contribution < 1.29 is 23.4 Å². The van der Waals surface area contributed by atoms with Gasteiger partial charge in [0.1, 0.15) is 5.65 Å². The molecule has 0 bridgehead atoms. The lowest BCUT2D eigenvalue weighted by Crippen LogP contribution is -2.50. The van der Waals surface area contributed by atoms with Crippen molar-refractivity contribution in [3.63, 3.8) is 0 Å². The number of halogens is 2. The highest BCUT2D eigenvalue weighted by atomic mass is 19.1. The molecule has 0 atom stereocenters. The number of H-pyrrole nitrogens is 1. The third-order valence-electron chi connectivity index (χ3n) is 5.94. The highest BCUT2D eigenvalue weighted by Gasteiger charge is 2.25. The number of rotatable bonds is 9. The molecular formula is C24H27F2N5O3. The van der Waals surface area contributed by atoms with Crippen molar-refractivity contribution >= 4 is 22.8 Å². The number of allylic oxidation sites excluding steroid dienone is 1. The predicted molar refractivity (Wildman–Crippen MR) is 126 cm³/mol. The molecule has 1 aromatic carbocycles. The summed E-state index contributed by atoms with van der Waals surface area (Å²) in [6, 6.07) is 3.20. The summed E-state index contributed by atoms with van der Waals surface area (Å²) >= 11 is 0. The largest absolute Gasteiger partial charge is 0.494 e. The molecule has 1 aliphatic heterocycles. The van der Waals surface area contributed by atoms with Gasteiger partial charge in [0.15, 0.2) is 23.1 Å². The molecule has 4 rings (SSSR count). The number of aliphatic imine (C=N–C) groups is 1. The van der Waals surface area contributed by atoms with Crippen molar-refractivity contribution in [2.45, 2.75) is 12.5 Å². The molecule has 10 heteroatoms. The maximum absolute atomic E-state index is 14.9. The van der Waals surface area contributed by atoms with E-state index in [1.165, 1.54) is 26.5 Å². The summed E-state index contributed by atoms with van der Waals surface area (Å²) in [6.45, 7) is 2.35. The number of fused-ring (bicyclic) bond motifs is 1. The molecule has 0 saturated carbocycles. The van der Waals surface area contributed by atoms with E-state index in [1.807, 2.05) is 6.07 Å². The Morgan fingerprint density at radius 1 is 1.26 bits per heavy atom. The third kappa shape index (κ3) is 4.59. The number of likely N-dealkylation sites (tertiary alicyclic amines) is 1. The lowest BCUT2D eigenvalue weighted by atomic mass is 10.0. The van der Waals surface area contributed by atoms with Crippen LogP contribution in [0.2, 0.25) is 0 Å². The molecule has 34 heavy (non-hydrogen) atoms. The highest BCUT2D eigenvalue weighted by molar-refractivity contribution is 6.10. The summed E-state index contributed by atoms with van der Waals surface area (Å²) in [5, 5.41) is 9.70. The molecule has 1 saturated heterocycles. The van der Waals surface area contributed by atoms with E-state index in [4.69, 9.17) is 20.3 Å². The number of benzene rings is 1. The second-order valence-electron chi connectivity index (χ2n) is 8.04. The van der Waals surface area contributed by atoms with Crippen LogP contribution in [-0.4, -0.2) is 72.7 Å². The monoisotopic (exact) mass is 471 g/mol. The Morgan fingerprint density at radius 3 is 2.59 bits per heavy atom. The number of methoxy groups -OCH3 is 2. The van der Waals surface area contributed by atoms with Crippen LogP contribution in [-0.2, 0) is 6.42 Å². The lowest BCUT2D eigenvalue weighted by Gasteiger charge is -2.36. The quantitative estimate of drug-likeness (QED) is 0.414. The van der Waals surface area contributed by atoms with Crippen LogP contribution in [0.4, 0.5) is 8.78 Å². The molecule has 0 aliphatic carbocycles. The number of ether oxygens (including phenoxy) is 2. The molecule has 0 spiro atoms. The van der Waals surface area contributed by atoms with Gasteiger partial charge in [-0.3, -0.25) is 9.89 Å². The Kier molecular flexibility index (Phi) is 7.09. The number of nitrogens with zero attached hydrogens (tertiary/aromatic N) is 3. The van der Waals surface area contributed by atoms with Crippen LogP contribution in [0.3, 0.4) is 0 Å². The minimum atomic E-state index is -0.773. The fourth-order valence-electron chi connectivity index (χ4n) is 4.00. The van der Waals surface area contributed by atoms with Crippen molar-refractivity contribution in [2.24, 2.45) is 10.7 Å². The van der Waals surface area contributed by atoms with Crippen LogP contribution in [0, 0.1) is 11.6 Å². The number of β-amino-alcohol motifs (C(OH)–C–C–N with tert-alkyl or cyclic N) is 1. The van der Waals surface area contributed by atoms with Crippen molar-refractivity contribution in [3.05, 3.63) is 59.1 Å². The van der Waals surface area contributed by atoms with E-state index < -0.39 is 11.6 Å². The summed E-state index contributed by atoms with van der Waals surface area (Å²) in [7, 11) is 2.63. The van der Waals surface area contributed by atoms with Gasteiger partial charge in [0.05, 0.1) is 26.9 Å². The second-order valence-corrected chi connectivity index (χ2v) is 8.04. The maximum atomic E-state index is 14.9. The van der Waals surface area contributed by atoms with E-state index in [2.05, 4.69) is 19.9 Å². The number of nitrogens with two attached hydrogens (primary N) is 1. The molecule has 0 radical (unpaired) electrons. The van der Waals surface area contributed by atoms with Crippen molar-refractivity contribution in [1.82, 2.24) is 14.9 Å². The predicted octanol–water partition coefficient (Wildman–Crippen LogP) is 2.50. The minimum absolute atomic E-state index is 0.0328. The molecular weight excluding hydrogens is 444 g/mol. The molecule has 8 nitrogen and oxygen atoms in total. The first-order valence-corrected chi connectivity index (χ1v) is 10.8. The molecule has 180 valence electrons. The number of pyridine rings is 1. The topological polar surface area (TPSA) is 109 Å². The summed E-state index contributed by atoms with van der Waals surface area (Å²) in [6.07, 6.45) is 6.48. The zero-order valence-electron chi connectivity index (χ0n) is 19.0. The number of aliphatic hydroxyl groups excluding tert-OH is 1. The van der Waals surface area contributed by atoms with E-state index in [1.54, 1.807) is 18.6 Å². The molecule has 2 aromatic heterocycles. The van der Waals surface area contributed by atoms with Crippen LogP contribution in [0.15, 0.2) is 35.7 Å². The molecule has 1 aliphatic rings. The summed E-state index contributed by atoms with van der Waals surface area (Å²) < 4.78 is 39.9. The van der Waals surface area contributed by atoms with Crippen molar-refractivity contribution in [3.8, 4) is 11.5 Å². The first-order chi connectivity index (χ1) is 16.5. The van der Waals surface area contributed by atoms with Crippen LogP contribution in [0.5, 0.6) is 11.5 Å².